The number of anilines is 1. The second-order valence-electron chi connectivity index (χ2n) is 5.80. The molecule has 0 aliphatic heterocycles. The Kier molecular flexibility index (Phi) is 4.25. The Morgan fingerprint density at radius 1 is 1.17 bits per heavy atom. The third kappa shape index (κ3) is 2.68. The Labute approximate surface area is 110 Å². The van der Waals surface area contributed by atoms with Gasteiger partial charge in [-0.1, -0.05) is 38.5 Å². The minimum atomic E-state index is 0.182. The van der Waals surface area contributed by atoms with E-state index in [9.17, 15) is 0 Å². The lowest BCUT2D eigenvalue weighted by Crippen LogP contribution is -2.37. The van der Waals surface area contributed by atoms with Crippen molar-refractivity contribution in [2.75, 3.05) is 5.73 Å². The minimum absolute atomic E-state index is 0.182. The number of nitrogens with one attached hydrogen (secondary N) is 1. The first kappa shape index (κ1) is 13.4. The molecule has 2 rings (SSSR count). The van der Waals surface area contributed by atoms with Gasteiger partial charge in [-0.2, -0.15) is 0 Å². The first-order chi connectivity index (χ1) is 8.63. The summed E-state index contributed by atoms with van der Waals surface area (Å²) in [6, 6.07) is 8.22. The summed E-state index contributed by atoms with van der Waals surface area (Å²) in [6.07, 6.45) is 3.75. The summed E-state index contributed by atoms with van der Waals surface area (Å²) in [5.74, 6) is 7.96. The van der Waals surface area contributed by atoms with Gasteiger partial charge in [-0.25, -0.2) is 0 Å². The van der Waals surface area contributed by atoms with Crippen LogP contribution in [0.2, 0.25) is 0 Å². The van der Waals surface area contributed by atoms with E-state index in [-0.39, 0.29) is 6.04 Å². The number of nitrogens with two attached hydrogens (primary N) is 2. The number of hydrogen-bond donors (Lipinski definition) is 3. The Bertz CT molecular complexity index is 391. The van der Waals surface area contributed by atoms with Crippen molar-refractivity contribution in [2.45, 2.75) is 39.2 Å². The molecular formula is C15H25N3. The molecule has 3 nitrogen and oxygen atoms in total. The summed E-state index contributed by atoms with van der Waals surface area (Å²) < 4.78 is 0. The van der Waals surface area contributed by atoms with Gasteiger partial charge in [0.25, 0.3) is 0 Å². The third-order valence-electron chi connectivity index (χ3n) is 4.62. The van der Waals surface area contributed by atoms with Crippen molar-refractivity contribution in [3.8, 4) is 0 Å². The molecule has 3 heteroatoms. The molecule has 18 heavy (non-hydrogen) atoms. The molecule has 4 unspecified atom stereocenters. The zero-order chi connectivity index (χ0) is 13.1. The normalized spacial score (nSPS) is 30.1. The molecule has 100 valence electrons. The van der Waals surface area contributed by atoms with Crippen LogP contribution in [0.4, 0.5) is 5.69 Å². The SMILES string of the molecule is CC1CCC(C(NN)c2ccccc2N)CC1C. The highest BCUT2D eigenvalue weighted by molar-refractivity contribution is 5.48. The van der Waals surface area contributed by atoms with Crippen molar-refractivity contribution < 1.29 is 0 Å². The van der Waals surface area contributed by atoms with E-state index in [1.54, 1.807) is 0 Å². The first-order valence-electron chi connectivity index (χ1n) is 6.94. The average Bonchev–Trinajstić information content (AvgIpc) is 2.37. The van der Waals surface area contributed by atoms with Gasteiger partial charge in [0.1, 0.15) is 0 Å². The maximum absolute atomic E-state index is 6.07. The van der Waals surface area contributed by atoms with Crippen molar-refractivity contribution in [3.63, 3.8) is 0 Å². The lowest BCUT2D eigenvalue weighted by molar-refractivity contribution is 0.171. The second-order valence-corrected chi connectivity index (χ2v) is 5.80. The molecular weight excluding hydrogens is 222 g/mol. The predicted octanol–water partition coefficient (Wildman–Crippen LogP) is 2.85. The lowest BCUT2D eigenvalue weighted by Gasteiger charge is -2.37. The molecule has 0 bridgehead atoms. The summed E-state index contributed by atoms with van der Waals surface area (Å²) in [6.45, 7) is 4.70. The van der Waals surface area contributed by atoms with E-state index in [0.29, 0.717) is 5.92 Å². The van der Waals surface area contributed by atoms with Gasteiger partial charge in [0, 0.05) is 5.69 Å². The Hall–Kier alpha value is -1.06. The van der Waals surface area contributed by atoms with E-state index in [1.807, 2.05) is 18.2 Å². The van der Waals surface area contributed by atoms with E-state index in [2.05, 4.69) is 25.3 Å². The number of hydrazine groups is 1. The van der Waals surface area contributed by atoms with Gasteiger partial charge in [-0.15, -0.1) is 0 Å². The van der Waals surface area contributed by atoms with Gasteiger partial charge in [-0.3, -0.25) is 11.3 Å². The molecule has 1 fully saturated rings. The van der Waals surface area contributed by atoms with Crippen LogP contribution in [0.1, 0.15) is 44.7 Å². The van der Waals surface area contributed by atoms with Crippen LogP contribution in [-0.2, 0) is 0 Å². The fraction of sp³-hybridized carbons (Fsp3) is 0.600. The lowest BCUT2D eigenvalue weighted by atomic mass is 9.72. The number of hydrogen-bond acceptors (Lipinski definition) is 3. The van der Waals surface area contributed by atoms with Gasteiger partial charge in [0.05, 0.1) is 6.04 Å². The molecule has 0 radical (unpaired) electrons. The largest absolute Gasteiger partial charge is 0.398 e. The number of para-hydroxylation sites is 1. The van der Waals surface area contributed by atoms with Gasteiger partial charge < -0.3 is 5.73 Å². The zero-order valence-corrected chi connectivity index (χ0v) is 11.4. The van der Waals surface area contributed by atoms with Crippen LogP contribution in [0.3, 0.4) is 0 Å². The summed E-state index contributed by atoms with van der Waals surface area (Å²) in [4.78, 5) is 0. The van der Waals surface area contributed by atoms with E-state index < -0.39 is 0 Å². The highest BCUT2D eigenvalue weighted by Crippen LogP contribution is 2.40. The number of nitrogen functional groups attached to an aromatic ring is 1. The fourth-order valence-electron chi connectivity index (χ4n) is 3.17. The van der Waals surface area contributed by atoms with Crippen LogP contribution in [0.25, 0.3) is 0 Å². The molecule has 0 spiro atoms. The van der Waals surface area contributed by atoms with Crippen LogP contribution in [-0.4, -0.2) is 0 Å². The molecule has 5 N–H and O–H groups in total. The molecule has 1 aliphatic carbocycles. The summed E-state index contributed by atoms with van der Waals surface area (Å²) in [5.41, 5.74) is 11.0. The molecule has 0 saturated heterocycles. The van der Waals surface area contributed by atoms with Crippen LogP contribution >= 0.6 is 0 Å². The number of benzene rings is 1. The maximum Gasteiger partial charge on any atom is 0.0508 e. The van der Waals surface area contributed by atoms with Gasteiger partial charge in [0.15, 0.2) is 0 Å². The number of rotatable bonds is 3. The van der Waals surface area contributed by atoms with Crippen molar-refractivity contribution in [2.24, 2.45) is 23.6 Å². The predicted molar refractivity (Wildman–Crippen MR) is 76.6 cm³/mol. The van der Waals surface area contributed by atoms with Gasteiger partial charge in [0.2, 0.25) is 0 Å². The minimum Gasteiger partial charge on any atom is -0.398 e. The molecule has 4 atom stereocenters. The third-order valence-corrected chi connectivity index (χ3v) is 4.62. The van der Waals surface area contributed by atoms with E-state index in [4.69, 9.17) is 11.6 Å². The highest BCUT2D eigenvalue weighted by Gasteiger charge is 2.31. The summed E-state index contributed by atoms with van der Waals surface area (Å²) in [7, 11) is 0. The Morgan fingerprint density at radius 3 is 2.50 bits per heavy atom. The van der Waals surface area contributed by atoms with Crippen LogP contribution in [0.15, 0.2) is 24.3 Å². The molecule has 0 aromatic heterocycles. The smallest absolute Gasteiger partial charge is 0.0508 e. The van der Waals surface area contributed by atoms with Crippen molar-refractivity contribution in [1.82, 2.24) is 5.43 Å². The monoisotopic (exact) mass is 247 g/mol. The maximum atomic E-state index is 6.07. The van der Waals surface area contributed by atoms with Gasteiger partial charge in [-0.05, 0) is 42.2 Å². The van der Waals surface area contributed by atoms with Crippen LogP contribution < -0.4 is 17.0 Å². The van der Waals surface area contributed by atoms with Crippen LogP contribution in [0, 0.1) is 17.8 Å². The van der Waals surface area contributed by atoms with Crippen molar-refractivity contribution >= 4 is 5.69 Å². The van der Waals surface area contributed by atoms with Crippen LogP contribution in [0.5, 0.6) is 0 Å². The quantitative estimate of drug-likeness (QED) is 0.437. The molecule has 1 saturated carbocycles. The van der Waals surface area contributed by atoms with E-state index in [0.717, 1.165) is 23.1 Å². The average molecular weight is 247 g/mol. The van der Waals surface area contributed by atoms with Crippen molar-refractivity contribution in [3.05, 3.63) is 29.8 Å². The standard InChI is InChI=1S/C15H25N3/c1-10-7-8-12(9-11(10)2)15(18-17)13-5-3-4-6-14(13)16/h3-6,10-12,15,18H,7-9,16-17H2,1-2H3. The van der Waals surface area contributed by atoms with E-state index in [1.165, 1.54) is 19.3 Å². The molecule has 0 heterocycles. The summed E-state index contributed by atoms with van der Waals surface area (Å²) in [5, 5.41) is 0. The molecule has 1 aliphatic rings. The zero-order valence-electron chi connectivity index (χ0n) is 11.4. The second kappa shape index (κ2) is 5.72. The fourth-order valence-corrected chi connectivity index (χ4v) is 3.17. The topological polar surface area (TPSA) is 64.1 Å². The summed E-state index contributed by atoms with van der Waals surface area (Å²) >= 11 is 0. The first-order valence-corrected chi connectivity index (χ1v) is 6.94. The van der Waals surface area contributed by atoms with Gasteiger partial charge >= 0.3 is 0 Å². The Morgan fingerprint density at radius 2 is 1.89 bits per heavy atom. The van der Waals surface area contributed by atoms with E-state index >= 15 is 0 Å². The van der Waals surface area contributed by atoms with Crippen molar-refractivity contribution in [1.29, 1.82) is 0 Å². The molecule has 1 aromatic rings. The molecule has 1 aromatic carbocycles. The molecule has 0 amide bonds. The highest BCUT2D eigenvalue weighted by atomic mass is 15.2. The Balaban J connectivity index is 2.17.